The van der Waals surface area contributed by atoms with Crippen LogP contribution in [0, 0.1) is 3.57 Å². The number of aliphatic hydroxyl groups excluding tert-OH is 1. The molecule has 2 aromatic rings. The molecule has 0 bridgehead atoms. The zero-order valence-corrected chi connectivity index (χ0v) is 24.3. The van der Waals surface area contributed by atoms with E-state index in [0.29, 0.717) is 11.0 Å². The molecule has 1 aliphatic rings. The second-order valence-electron chi connectivity index (χ2n) is 7.91. The number of unbranched alkanes of at least 4 members (excludes halogenated alkanes) is 1. The lowest BCUT2D eigenvalue weighted by Crippen LogP contribution is -2.42. The van der Waals surface area contributed by atoms with Crippen molar-refractivity contribution in [3.8, 4) is 5.88 Å². The number of halogens is 6. The lowest BCUT2D eigenvalue weighted by molar-refractivity contribution is -0.152. The van der Waals surface area contributed by atoms with Gasteiger partial charge < -0.3 is 24.1 Å². The molecule has 1 unspecified atom stereocenters. The first-order chi connectivity index (χ1) is 18.3. The maximum absolute atomic E-state index is 14.9. The summed E-state index contributed by atoms with van der Waals surface area (Å²) in [4.78, 5) is 43.8. The Hall–Kier alpha value is -2.05. The topological polar surface area (TPSA) is 151 Å². The van der Waals surface area contributed by atoms with Crippen molar-refractivity contribution in [2.45, 2.75) is 44.1 Å². The van der Waals surface area contributed by atoms with Crippen molar-refractivity contribution in [3.05, 3.63) is 41.5 Å². The molecule has 214 valence electrons. The van der Waals surface area contributed by atoms with Crippen molar-refractivity contribution in [2.24, 2.45) is 0 Å². The van der Waals surface area contributed by atoms with E-state index in [1.54, 1.807) is 22.6 Å². The number of amides is 1. The molecule has 12 nitrogen and oxygen atoms in total. The summed E-state index contributed by atoms with van der Waals surface area (Å²) >= 11 is 19.1. The van der Waals surface area contributed by atoms with Crippen LogP contribution in [0.1, 0.15) is 26.0 Å². The molecule has 0 radical (unpaired) electrons. The molecule has 1 aliphatic heterocycles. The van der Waals surface area contributed by atoms with Crippen LogP contribution in [-0.2, 0) is 19.0 Å². The van der Waals surface area contributed by atoms with Crippen LogP contribution < -0.4 is 15.7 Å². The Bertz CT molecular complexity index is 1290. The van der Waals surface area contributed by atoms with Crippen molar-refractivity contribution in [1.82, 2.24) is 14.5 Å². The lowest BCUT2D eigenvalue weighted by atomic mass is 10.1. The smallest absolute Gasteiger partial charge is 0.412 e. The van der Waals surface area contributed by atoms with Gasteiger partial charge in [-0.1, -0.05) is 48.1 Å². The van der Waals surface area contributed by atoms with E-state index in [1.165, 1.54) is 6.07 Å². The molecule has 2 aromatic heterocycles. The van der Waals surface area contributed by atoms with Crippen LogP contribution >= 0.6 is 57.4 Å². The Morgan fingerprint density at radius 1 is 1.26 bits per heavy atom. The van der Waals surface area contributed by atoms with Crippen LogP contribution in [-0.4, -0.2) is 69.7 Å². The first-order valence-electron chi connectivity index (χ1n) is 11.1. The highest BCUT2D eigenvalue weighted by atomic mass is 127. The molecule has 3 atom stereocenters. The van der Waals surface area contributed by atoms with Crippen molar-refractivity contribution in [3.63, 3.8) is 0 Å². The van der Waals surface area contributed by atoms with Crippen molar-refractivity contribution in [1.29, 1.82) is 0 Å². The van der Waals surface area contributed by atoms with Gasteiger partial charge in [0.15, 0.2) is 23.7 Å². The van der Waals surface area contributed by atoms with Gasteiger partial charge >= 0.3 is 23.7 Å². The number of rotatable bonds is 10. The molecule has 3 heterocycles. The molecule has 1 fully saturated rings. The highest BCUT2D eigenvalue weighted by Gasteiger charge is 2.60. The number of pyridine rings is 1. The van der Waals surface area contributed by atoms with Gasteiger partial charge in [0.05, 0.1) is 15.2 Å². The number of ether oxygens (including phenoxy) is 4. The largest absolute Gasteiger partial charge is 0.465 e. The van der Waals surface area contributed by atoms with Gasteiger partial charge in [-0.3, -0.25) is 9.88 Å². The van der Waals surface area contributed by atoms with Crippen LogP contribution in [0.25, 0.3) is 0 Å². The summed E-state index contributed by atoms with van der Waals surface area (Å²) in [5, 5.41) is 12.3. The molecule has 0 saturated carbocycles. The highest BCUT2D eigenvalue weighted by molar-refractivity contribution is 14.1. The van der Waals surface area contributed by atoms with Gasteiger partial charge in [0.2, 0.25) is 12.1 Å². The van der Waals surface area contributed by atoms with Gasteiger partial charge in [-0.2, -0.15) is 18.7 Å². The van der Waals surface area contributed by atoms with E-state index in [2.05, 4.69) is 15.3 Å². The van der Waals surface area contributed by atoms with Gasteiger partial charge in [-0.25, -0.2) is 14.4 Å². The second kappa shape index (κ2) is 13.5. The van der Waals surface area contributed by atoms with Crippen LogP contribution in [0.5, 0.6) is 5.88 Å². The van der Waals surface area contributed by atoms with Crippen LogP contribution in [0.15, 0.2) is 17.1 Å². The van der Waals surface area contributed by atoms with Crippen molar-refractivity contribution >= 4 is 75.3 Å². The maximum atomic E-state index is 14.9. The number of hydrogen-bond donors (Lipinski definition) is 2. The minimum Gasteiger partial charge on any atom is -0.465 e. The fraction of sp³-hybridized carbons (Fsp3) is 0.476. The number of hydrogen-bond acceptors (Lipinski definition) is 10. The van der Waals surface area contributed by atoms with Crippen LogP contribution in [0.4, 0.5) is 19.4 Å². The van der Waals surface area contributed by atoms with Crippen molar-refractivity contribution < 1.29 is 42.4 Å². The van der Waals surface area contributed by atoms with E-state index in [0.717, 1.165) is 12.6 Å². The average molecular weight is 728 g/mol. The minimum atomic E-state index is -3.98. The predicted octanol–water partition coefficient (Wildman–Crippen LogP) is 4.07. The van der Waals surface area contributed by atoms with Gasteiger partial charge in [0.1, 0.15) is 17.7 Å². The molecule has 1 amide bonds. The molecule has 39 heavy (non-hydrogen) atoms. The number of aromatic nitrogens is 3. The number of carbonyl (C=O) groups excluding carboxylic acids is 2. The fourth-order valence-electron chi connectivity index (χ4n) is 3.12. The summed E-state index contributed by atoms with van der Waals surface area (Å²) in [6, 6.07) is 1.24. The Morgan fingerprint density at radius 2 is 1.97 bits per heavy atom. The van der Waals surface area contributed by atoms with E-state index < -0.39 is 55.3 Å². The summed E-state index contributed by atoms with van der Waals surface area (Å²) in [5.74, 6) is -5.44. The monoisotopic (exact) mass is 726 g/mol. The maximum Gasteiger partial charge on any atom is 0.412 e. The van der Waals surface area contributed by atoms with Crippen molar-refractivity contribution in [2.75, 3.05) is 25.1 Å². The molecule has 2 N–H and O–H groups in total. The Morgan fingerprint density at radius 3 is 2.67 bits per heavy atom. The molecule has 3 rings (SSSR count). The van der Waals surface area contributed by atoms with E-state index in [9.17, 15) is 28.3 Å². The summed E-state index contributed by atoms with van der Waals surface area (Å²) in [7, 11) is 0. The normalized spacial score (nSPS) is 19.9. The third kappa shape index (κ3) is 7.79. The summed E-state index contributed by atoms with van der Waals surface area (Å²) < 4.78 is 50.4. The van der Waals surface area contributed by atoms with Gasteiger partial charge in [-0.15, -0.1) is 0 Å². The van der Waals surface area contributed by atoms with Crippen LogP contribution in [0.3, 0.4) is 0 Å². The fourth-order valence-corrected chi connectivity index (χ4v) is 4.22. The summed E-state index contributed by atoms with van der Waals surface area (Å²) in [6.07, 6.45) is -4.92. The first kappa shape index (κ1) is 31.5. The minimum absolute atomic E-state index is 0.0440. The third-order valence-corrected chi connectivity index (χ3v) is 6.81. The third-order valence-electron chi connectivity index (χ3n) is 5.08. The lowest BCUT2D eigenvalue weighted by Gasteiger charge is -2.21. The van der Waals surface area contributed by atoms with E-state index in [1.807, 2.05) is 6.92 Å². The number of nitrogens with zero attached hydrogens (tertiary/aromatic N) is 3. The van der Waals surface area contributed by atoms with Gasteiger partial charge in [0, 0.05) is 6.20 Å². The number of aliphatic hydroxyl groups is 1. The summed E-state index contributed by atoms with van der Waals surface area (Å²) in [5.41, 5.74) is -1.20. The second-order valence-corrected chi connectivity index (χ2v) is 10.2. The highest BCUT2D eigenvalue weighted by Crippen LogP contribution is 2.42. The van der Waals surface area contributed by atoms with Gasteiger partial charge in [0.25, 0.3) is 0 Å². The Balaban J connectivity index is 1.63. The Labute approximate surface area is 248 Å². The standard InChI is InChI=1S/C21H20Cl3F2IN4O8/c1-2-3-4-36-20(35)30-16-11(27)6-31(19(34)29-16)18-21(25,26)14(33)12(39-18)7-37-13(32)8-38-17-10(23)5-9(22)15(24)28-17/h5-6,12,14,18,33H,2-4,7-8H2,1H3,(H,29,30,34,35)/t12-,14?,18-/m1/s1. The quantitative estimate of drug-likeness (QED) is 0.159. The van der Waals surface area contributed by atoms with Gasteiger partial charge in [-0.05, 0) is 35.1 Å². The average Bonchev–Trinajstić information content (AvgIpc) is 3.09. The van der Waals surface area contributed by atoms with E-state index in [-0.39, 0.29) is 37.1 Å². The molecule has 0 aliphatic carbocycles. The van der Waals surface area contributed by atoms with Crippen LogP contribution in [0.2, 0.25) is 15.2 Å². The number of alkyl halides is 2. The SMILES string of the molecule is CCCCOC(=O)Nc1nc(=O)n([C@@H]2O[C@H](COC(=O)COc3nc(Cl)c(Cl)cc3Cl)C(O)C2(F)F)cc1I. The number of esters is 1. The zero-order valence-electron chi connectivity index (χ0n) is 19.8. The first-order valence-corrected chi connectivity index (χ1v) is 13.3. The molecular formula is C21H20Cl3F2IN4O8. The number of anilines is 1. The molecule has 0 aromatic carbocycles. The number of carbonyl (C=O) groups is 2. The number of nitrogens with one attached hydrogen (secondary N) is 1. The summed E-state index contributed by atoms with van der Waals surface area (Å²) in [6.45, 7) is 0.513. The molecular weight excluding hydrogens is 708 g/mol. The van der Waals surface area contributed by atoms with E-state index >= 15 is 0 Å². The molecule has 18 heteroatoms. The predicted molar refractivity (Wildman–Crippen MR) is 142 cm³/mol. The zero-order chi connectivity index (χ0) is 28.9. The van der Waals surface area contributed by atoms with E-state index in [4.69, 9.17) is 53.8 Å². The Kier molecular flexibility index (Phi) is 10.9. The molecule has 0 spiro atoms. The molecule has 1 saturated heterocycles.